The van der Waals surface area contributed by atoms with Gasteiger partial charge in [-0.2, -0.15) is 0 Å². The van der Waals surface area contributed by atoms with E-state index in [0.717, 1.165) is 32.1 Å². The standard InChI is InChI=1S/C42H72O14/c1-20(2)22(45)10-16-42(8,52)21-9-14-41(7)29(21)23(46)17-27-39(5)13-12-28(38(3,4)26(39)11-15-40(27,41)6)55-37-35(33(50)31(48)25(19-44)54-37)56-36-34(51)32(49)30(47)24(18-43)53-36/h21-37,43-52H,1,9-19H2,2-8H3/t21?,22-,23+,24+,25+,26?,27?,28-,29?,30+,31+,32-,33-,34+,35+,36-,37-,39-,40+,41+,42+/m0/s1. The van der Waals surface area contributed by atoms with Gasteiger partial charge in [0.1, 0.15) is 48.8 Å². The van der Waals surface area contributed by atoms with E-state index in [2.05, 4.69) is 41.2 Å². The van der Waals surface area contributed by atoms with Gasteiger partial charge in [-0.1, -0.05) is 46.8 Å². The largest absolute Gasteiger partial charge is 0.394 e. The molecule has 56 heavy (non-hydrogen) atoms. The molecule has 4 aliphatic carbocycles. The zero-order valence-electron chi connectivity index (χ0n) is 34.4. The Balaban J connectivity index is 1.22. The molecule has 4 unspecified atom stereocenters. The molecule has 14 heteroatoms. The quantitative estimate of drug-likeness (QED) is 0.104. The van der Waals surface area contributed by atoms with Crippen LogP contribution in [0.5, 0.6) is 0 Å². The number of rotatable bonds is 11. The van der Waals surface area contributed by atoms with Gasteiger partial charge in [-0.05, 0) is 117 Å². The Morgan fingerprint density at radius 3 is 1.96 bits per heavy atom. The van der Waals surface area contributed by atoms with Crippen LogP contribution in [0.25, 0.3) is 0 Å². The van der Waals surface area contributed by atoms with Gasteiger partial charge in [-0.25, -0.2) is 0 Å². The van der Waals surface area contributed by atoms with E-state index in [1.54, 1.807) is 6.92 Å². The Hall–Kier alpha value is -0.820. The molecule has 0 aromatic carbocycles. The average Bonchev–Trinajstić information content (AvgIpc) is 3.53. The minimum atomic E-state index is -1.76. The van der Waals surface area contributed by atoms with Crippen LogP contribution in [0.15, 0.2) is 12.2 Å². The fourth-order valence-electron chi connectivity index (χ4n) is 13.3. The summed E-state index contributed by atoms with van der Waals surface area (Å²) in [5, 5.41) is 108. The first-order valence-corrected chi connectivity index (χ1v) is 21.0. The van der Waals surface area contributed by atoms with Crippen molar-refractivity contribution < 1.29 is 70.0 Å². The van der Waals surface area contributed by atoms with Crippen LogP contribution < -0.4 is 0 Å². The van der Waals surface area contributed by atoms with Gasteiger partial charge < -0.3 is 70.0 Å². The van der Waals surface area contributed by atoms with Gasteiger partial charge >= 0.3 is 0 Å². The van der Waals surface area contributed by atoms with Crippen LogP contribution in [0.3, 0.4) is 0 Å². The molecular formula is C42H72O14. The van der Waals surface area contributed by atoms with Crippen LogP contribution in [0.1, 0.15) is 106 Å². The first-order chi connectivity index (χ1) is 26.0. The van der Waals surface area contributed by atoms with Gasteiger partial charge in [-0.15, -0.1) is 0 Å². The zero-order valence-corrected chi connectivity index (χ0v) is 34.4. The minimum Gasteiger partial charge on any atom is -0.394 e. The topological polar surface area (TPSA) is 239 Å². The molecule has 2 heterocycles. The highest BCUT2D eigenvalue weighted by Crippen LogP contribution is 2.76. The van der Waals surface area contributed by atoms with Crippen molar-refractivity contribution in [2.24, 2.45) is 45.3 Å². The van der Waals surface area contributed by atoms with Crippen molar-refractivity contribution in [3.8, 4) is 0 Å². The van der Waals surface area contributed by atoms with E-state index >= 15 is 0 Å². The zero-order chi connectivity index (χ0) is 41.5. The van der Waals surface area contributed by atoms with Crippen molar-refractivity contribution >= 4 is 0 Å². The van der Waals surface area contributed by atoms with Crippen molar-refractivity contribution in [2.75, 3.05) is 13.2 Å². The molecule has 0 spiro atoms. The summed E-state index contributed by atoms with van der Waals surface area (Å²) in [6, 6.07) is 0. The normalized spacial score (nSPS) is 51.9. The van der Waals surface area contributed by atoms with E-state index in [1.165, 1.54) is 0 Å². The maximum Gasteiger partial charge on any atom is 0.187 e. The summed E-state index contributed by atoms with van der Waals surface area (Å²) in [7, 11) is 0. The number of ether oxygens (including phenoxy) is 4. The second-order valence-electron chi connectivity index (χ2n) is 20.2. The van der Waals surface area contributed by atoms with Gasteiger partial charge in [0.25, 0.3) is 0 Å². The van der Waals surface area contributed by atoms with E-state index in [0.29, 0.717) is 31.3 Å². The molecule has 10 N–H and O–H groups in total. The number of aliphatic hydroxyl groups is 10. The van der Waals surface area contributed by atoms with Crippen LogP contribution in [0.2, 0.25) is 0 Å². The predicted molar refractivity (Wildman–Crippen MR) is 202 cm³/mol. The molecule has 0 aromatic heterocycles. The lowest BCUT2D eigenvalue weighted by molar-refractivity contribution is -0.378. The van der Waals surface area contributed by atoms with Crippen LogP contribution in [-0.4, -0.2) is 150 Å². The maximum atomic E-state index is 12.2. The molecule has 6 aliphatic rings. The molecule has 6 rings (SSSR count). The predicted octanol–water partition coefficient (Wildman–Crippen LogP) is 1.12. The van der Waals surface area contributed by atoms with Crippen molar-refractivity contribution in [1.82, 2.24) is 0 Å². The van der Waals surface area contributed by atoms with Crippen LogP contribution in [-0.2, 0) is 18.9 Å². The highest BCUT2D eigenvalue weighted by Gasteiger charge is 2.71. The monoisotopic (exact) mass is 800 g/mol. The molecule has 6 fully saturated rings. The highest BCUT2D eigenvalue weighted by molar-refractivity contribution is 5.20. The van der Waals surface area contributed by atoms with E-state index < -0.39 is 104 Å². The third-order valence-corrected chi connectivity index (χ3v) is 16.9. The summed E-state index contributed by atoms with van der Waals surface area (Å²) in [6.45, 7) is 17.7. The third-order valence-electron chi connectivity index (χ3n) is 16.9. The highest BCUT2D eigenvalue weighted by atomic mass is 16.8. The Morgan fingerprint density at radius 2 is 1.36 bits per heavy atom. The third kappa shape index (κ3) is 7.16. The number of hydrogen-bond donors (Lipinski definition) is 10. The summed E-state index contributed by atoms with van der Waals surface area (Å²) in [5.74, 6) is 0.150. The minimum absolute atomic E-state index is 0.0844. The van der Waals surface area contributed by atoms with Crippen molar-refractivity contribution in [1.29, 1.82) is 0 Å². The second-order valence-corrected chi connectivity index (χ2v) is 20.2. The molecular weight excluding hydrogens is 728 g/mol. The summed E-state index contributed by atoms with van der Waals surface area (Å²) in [5.41, 5.74) is -1.35. The van der Waals surface area contributed by atoms with Crippen molar-refractivity contribution in [2.45, 2.75) is 192 Å². The smallest absolute Gasteiger partial charge is 0.187 e. The first-order valence-electron chi connectivity index (χ1n) is 21.0. The fraction of sp³-hybridized carbons (Fsp3) is 0.952. The molecule has 0 bridgehead atoms. The lowest BCUT2D eigenvalue weighted by atomic mass is 9.35. The van der Waals surface area contributed by atoms with Crippen LogP contribution in [0, 0.1) is 45.3 Å². The van der Waals surface area contributed by atoms with Gasteiger partial charge in [-0.3, -0.25) is 0 Å². The van der Waals surface area contributed by atoms with Crippen molar-refractivity contribution in [3.63, 3.8) is 0 Å². The first kappa shape index (κ1) is 44.7. The maximum absolute atomic E-state index is 12.2. The van der Waals surface area contributed by atoms with Gasteiger partial charge in [0.05, 0.1) is 37.1 Å². The van der Waals surface area contributed by atoms with Crippen LogP contribution >= 0.6 is 0 Å². The lowest BCUT2D eigenvalue weighted by Crippen LogP contribution is -2.68. The van der Waals surface area contributed by atoms with E-state index in [1.807, 2.05) is 6.92 Å². The van der Waals surface area contributed by atoms with E-state index in [9.17, 15) is 51.1 Å². The SMILES string of the molecule is C=C(C)[C@@H](O)CC[C@@](C)(O)C1CC[C@]2(C)C1[C@H](O)CC1[C@@]3(C)CC[C@H](O[C@@H]4O[C@H](CO)[C@@H](O)[C@H](O)[C@H]4O[C@@H]4O[C@H](CO)[C@@H](O)[C@H](O)[C@H]4O)C(C)(C)C3CC[C@]12C. The summed E-state index contributed by atoms with van der Waals surface area (Å²) in [6.07, 6.45) is -10.6. The molecule has 0 aromatic rings. The molecule has 0 amide bonds. The van der Waals surface area contributed by atoms with Gasteiger partial charge in [0.2, 0.25) is 0 Å². The lowest BCUT2D eigenvalue weighted by Gasteiger charge is -2.70. The van der Waals surface area contributed by atoms with E-state index in [4.69, 9.17) is 18.9 Å². The molecule has 2 aliphatic heterocycles. The van der Waals surface area contributed by atoms with Gasteiger partial charge in [0.15, 0.2) is 12.6 Å². The Labute approximate surface area is 331 Å². The number of fused-ring (bicyclic) bond motifs is 5. The molecule has 2 saturated heterocycles. The molecule has 0 radical (unpaired) electrons. The number of hydrogen-bond acceptors (Lipinski definition) is 14. The Morgan fingerprint density at radius 1 is 0.768 bits per heavy atom. The molecule has 21 atom stereocenters. The average molecular weight is 801 g/mol. The number of aliphatic hydroxyl groups excluding tert-OH is 9. The Kier molecular flexibility index (Phi) is 12.7. The summed E-state index contributed by atoms with van der Waals surface area (Å²) in [4.78, 5) is 0. The van der Waals surface area contributed by atoms with E-state index in [-0.39, 0.29) is 39.9 Å². The van der Waals surface area contributed by atoms with Crippen LogP contribution in [0.4, 0.5) is 0 Å². The fourth-order valence-corrected chi connectivity index (χ4v) is 13.3. The summed E-state index contributed by atoms with van der Waals surface area (Å²) >= 11 is 0. The Bertz CT molecular complexity index is 1390. The molecule has 324 valence electrons. The molecule has 4 saturated carbocycles. The van der Waals surface area contributed by atoms with Crippen molar-refractivity contribution in [3.05, 3.63) is 12.2 Å². The second kappa shape index (κ2) is 15.9. The van der Waals surface area contributed by atoms with Gasteiger partial charge in [0, 0.05) is 0 Å². The molecule has 14 nitrogen and oxygen atoms in total. The summed E-state index contributed by atoms with van der Waals surface area (Å²) < 4.78 is 24.3.